The maximum absolute atomic E-state index is 12.8. The van der Waals surface area contributed by atoms with Crippen molar-refractivity contribution in [2.45, 2.75) is 32.5 Å². The van der Waals surface area contributed by atoms with Gasteiger partial charge in [0, 0.05) is 17.7 Å². The van der Waals surface area contributed by atoms with E-state index in [-0.39, 0.29) is 12.5 Å². The second-order valence-electron chi connectivity index (χ2n) is 9.54. The molecule has 0 saturated heterocycles. The van der Waals surface area contributed by atoms with E-state index in [0.717, 1.165) is 0 Å². The van der Waals surface area contributed by atoms with E-state index in [4.69, 9.17) is 14.2 Å². The molecule has 4 N–H and O–H groups in total. The summed E-state index contributed by atoms with van der Waals surface area (Å²) in [6.45, 7) is 5.23. The molecule has 10 heteroatoms. The van der Waals surface area contributed by atoms with Crippen LogP contribution in [-0.2, 0) is 4.74 Å². The minimum Gasteiger partial charge on any atom is -0.493 e. The summed E-state index contributed by atoms with van der Waals surface area (Å²) in [6.07, 6.45) is -1.63. The summed E-state index contributed by atoms with van der Waals surface area (Å²) in [6, 6.07) is 17.9. The first kappa shape index (κ1) is 29.0. The van der Waals surface area contributed by atoms with Gasteiger partial charge in [-0.15, -0.1) is 0 Å². The molecule has 3 aromatic carbocycles. The Bertz CT molecular complexity index is 1320. The van der Waals surface area contributed by atoms with E-state index < -0.39 is 23.7 Å². The van der Waals surface area contributed by atoms with Crippen LogP contribution in [0.2, 0.25) is 0 Å². The largest absolute Gasteiger partial charge is 0.493 e. The van der Waals surface area contributed by atoms with E-state index in [1.54, 1.807) is 87.5 Å². The standard InChI is InChI=1S/C29H33N3O7/c1-29(2,3)39-28(36)32-22-9-7-6-8-21(22)31-27(35)19-12-10-18(11-13-19)23(33)17-30-26(34)20-14-15-24(37-4)25(16-20)38-5/h6-16,23,33H,17H2,1-5H3,(H,30,34)(H,31,35)(H,32,36). The number of amides is 3. The highest BCUT2D eigenvalue weighted by atomic mass is 16.6. The molecule has 1 atom stereocenters. The molecule has 0 aliphatic heterocycles. The van der Waals surface area contributed by atoms with Crippen LogP contribution in [0.25, 0.3) is 0 Å². The molecule has 0 aromatic heterocycles. The normalized spacial score (nSPS) is 11.6. The Morgan fingerprint density at radius 3 is 1.97 bits per heavy atom. The van der Waals surface area contributed by atoms with Crippen molar-refractivity contribution in [3.8, 4) is 11.5 Å². The first-order valence-electron chi connectivity index (χ1n) is 12.2. The third kappa shape index (κ3) is 8.21. The predicted molar refractivity (Wildman–Crippen MR) is 148 cm³/mol. The van der Waals surface area contributed by atoms with E-state index in [2.05, 4.69) is 16.0 Å². The van der Waals surface area contributed by atoms with Gasteiger partial charge in [-0.25, -0.2) is 4.79 Å². The van der Waals surface area contributed by atoms with E-state index in [1.807, 2.05) is 0 Å². The number of aliphatic hydroxyl groups is 1. The second-order valence-corrected chi connectivity index (χ2v) is 9.54. The summed E-state index contributed by atoms with van der Waals surface area (Å²) in [7, 11) is 2.98. The third-order valence-corrected chi connectivity index (χ3v) is 5.47. The monoisotopic (exact) mass is 535 g/mol. The smallest absolute Gasteiger partial charge is 0.412 e. The van der Waals surface area contributed by atoms with Crippen molar-refractivity contribution in [3.05, 3.63) is 83.4 Å². The summed E-state index contributed by atoms with van der Waals surface area (Å²) in [5.74, 6) is 0.129. The quantitative estimate of drug-likeness (QED) is 0.310. The van der Waals surface area contributed by atoms with Crippen LogP contribution in [0.3, 0.4) is 0 Å². The van der Waals surface area contributed by atoms with E-state index in [9.17, 15) is 19.5 Å². The number of carbonyl (C=O) groups is 3. The number of rotatable bonds is 9. The Hall–Kier alpha value is -4.57. The van der Waals surface area contributed by atoms with Crippen molar-refractivity contribution < 1.29 is 33.7 Å². The summed E-state index contributed by atoms with van der Waals surface area (Å²) in [4.78, 5) is 37.5. The lowest BCUT2D eigenvalue weighted by Gasteiger charge is -2.20. The number of benzene rings is 3. The van der Waals surface area contributed by atoms with Gasteiger partial charge in [-0.05, 0) is 68.8 Å². The van der Waals surface area contributed by atoms with Crippen molar-refractivity contribution in [1.82, 2.24) is 5.32 Å². The van der Waals surface area contributed by atoms with Gasteiger partial charge in [0.15, 0.2) is 11.5 Å². The zero-order chi connectivity index (χ0) is 28.6. The van der Waals surface area contributed by atoms with Crippen LogP contribution in [0.5, 0.6) is 11.5 Å². The van der Waals surface area contributed by atoms with Crippen LogP contribution in [0.4, 0.5) is 16.2 Å². The lowest BCUT2D eigenvalue weighted by atomic mass is 10.1. The Labute approximate surface area is 227 Å². The minimum atomic E-state index is -0.995. The summed E-state index contributed by atoms with van der Waals surface area (Å²) >= 11 is 0. The minimum absolute atomic E-state index is 0.0393. The van der Waals surface area contributed by atoms with Gasteiger partial charge in [0.2, 0.25) is 0 Å². The molecule has 0 spiro atoms. The topological polar surface area (TPSA) is 135 Å². The van der Waals surface area contributed by atoms with Crippen LogP contribution >= 0.6 is 0 Å². The van der Waals surface area contributed by atoms with E-state index >= 15 is 0 Å². The van der Waals surface area contributed by atoms with E-state index in [0.29, 0.717) is 39.6 Å². The van der Waals surface area contributed by atoms with Gasteiger partial charge >= 0.3 is 6.09 Å². The number of aliphatic hydroxyl groups excluding tert-OH is 1. The molecular weight excluding hydrogens is 502 g/mol. The average Bonchev–Trinajstić information content (AvgIpc) is 2.91. The summed E-state index contributed by atoms with van der Waals surface area (Å²) < 4.78 is 15.7. The summed E-state index contributed by atoms with van der Waals surface area (Å²) in [5, 5.41) is 18.6. The number of anilines is 2. The fourth-order valence-corrected chi connectivity index (χ4v) is 3.55. The zero-order valence-electron chi connectivity index (χ0n) is 22.5. The van der Waals surface area contributed by atoms with Gasteiger partial charge in [-0.1, -0.05) is 24.3 Å². The van der Waals surface area contributed by atoms with Crippen LogP contribution in [0.15, 0.2) is 66.7 Å². The van der Waals surface area contributed by atoms with Gasteiger partial charge in [0.05, 0.1) is 31.7 Å². The molecule has 206 valence electrons. The number of hydrogen-bond acceptors (Lipinski definition) is 7. The highest BCUT2D eigenvalue weighted by Crippen LogP contribution is 2.27. The Kier molecular flexibility index (Phi) is 9.51. The molecule has 0 radical (unpaired) electrons. The van der Waals surface area contributed by atoms with Gasteiger partial charge in [0.1, 0.15) is 5.60 Å². The molecule has 0 heterocycles. The number of carbonyl (C=O) groups excluding carboxylic acids is 3. The highest BCUT2D eigenvalue weighted by Gasteiger charge is 2.18. The van der Waals surface area contributed by atoms with E-state index in [1.165, 1.54) is 14.2 Å². The molecule has 3 rings (SSSR count). The lowest BCUT2D eigenvalue weighted by Crippen LogP contribution is -2.28. The number of nitrogens with one attached hydrogen (secondary N) is 3. The fraction of sp³-hybridized carbons (Fsp3) is 0.276. The van der Waals surface area contributed by atoms with Gasteiger partial charge in [-0.2, -0.15) is 0 Å². The lowest BCUT2D eigenvalue weighted by molar-refractivity contribution is 0.0635. The zero-order valence-corrected chi connectivity index (χ0v) is 22.5. The molecule has 0 aliphatic carbocycles. The molecule has 3 amide bonds. The molecule has 0 aliphatic rings. The SMILES string of the molecule is COc1ccc(C(=O)NCC(O)c2ccc(C(=O)Nc3ccccc3NC(=O)OC(C)(C)C)cc2)cc1OC. The molecule has 1 unspecified atom stereocenters. The van der Waals surface area contributed by atoms with Crippen molar-refractivity contribution >= 4 is 29.3 Å². The third-order valence-electron chi connectivity index (χ3n) is 5.47. The maximum Gasteiger partial charge on any atom is 0.412 e. The average molecular weight is 536 g/mol. The van der Waals surface area contributed by atoms with Crippen LogP contribution in [0.1, 0.15) is 53.2 Å². The molecular formula is C29H33N3O7. The molecule has 0 saturated carbocycles. The van der Waals surface area contributed by atoms with Crippen molar-refractivity contribution in [3.63, 3.8) is 0 Å². The maximum atomic E-state index is 12.8. The fourth-order valence-electron chi connectivity index (χ4n) is 3.55. The molecule has 39 heavy (non-hydrogen) atoms. The van der Waals surface area contributed by atoms with Crippen LogP contribution in [0, 0.1) is 0 Å². The number of methoxy groups -OCH3 is 2. The Morgan fingerprint density at radius 2 is 1.38 bits per heavy atom. The highest BCUT2D eigenvalue weighted by molar-refractivity contribution is 6.06. The molecule has 3 aromatic rings. The van der Waals surface area contributed by atoms with Crippen molar-refractivity contribution in [2.24, 2.45) is 0 Å². The van der Waals surface area contributed by atoms with Crippen molar-refractivity contribution in [2.75, 3.05) is 31.4 Å². The van der Waals surface area contributed by atoms with Gasteiger partial charge in [0.25, 0.3) is 11.8 Å². The number of ether oxygens (including phenoxy) is 3. The number of hydrogen-bond donors (Lipinski definition) is 4. The van der Waals surface area contributed by atoms with Gasteiger partial charge in [-0.3, -0.25) is 14.9 Å². The van der Waals surface area contributed by atoms with Gasteiger partial charge < -0.3 is 30.0 Å². The van der Waals surface area contributed by atoms with Crippen LogP contribution < -0.4 is 25.4 Å². The Morgan fingerprint density at radius 1 is 0.795 bits per heavy atom. The first-order chi connectivity index (χ1) is 18.5. The molecule has 0 fully saturated rings. The van der Waals surface area contributed by atoms with Crippen LogP contribution in [-0.4, -0.2) is 49.4 Å². The Balaban J connectivity index is 1.59. The first-order valence-corrected chi connectivity index (χ1v) is 12.2. The molecule has 0 bridgehead atoms. The second kappa shape index (κ2) is 12.8. The summed E-state index contributed by atoms with van der Waals surface area (Å²) in [5.41, 5.74) is 1.33. The van der Waals surface area contributed by atoms with Crippen molar-refractivity contribution in [1.29, 1.82) is 0 Å². The molecule has 10 nitrogen and oxygen atoms in total. The number of para-hydroxylation sites is 2. The predicted octanol–water partition coefficient (Wildman–Crippen LogP) is 4.77.